The Labute approximate surface area is 124 Å². The molecule has 2 rings (SSSR count). The van der Waals surface area contributed by atoms with E-state index >= 15 is 0 Å². The molecule has 0 unspecified atom stereocenters. The molecule has 0 aromatic carbocycles. The number of rotatable bonds is 5. The molecule has 0 aliphatic heterocycles. The van der Waals surface area contributed by atoms with Gasteiger partial charge in [0, 0.05) is 25.0 Å². The van der Waals surface area contributed by atoms with E-state index in [2.05, 4.69) is 55.7 Å². The predicted molar refractivity (Wildman–Crippen MR) is 86.1 cm³/mol. The minimum absolute atomic E-state index is 0.414. The first-order chi connectivity index (χ1) is 9.33. The van der Waals surface area contributed by atoms with Crippen molar-refractivity contribution in [2.24, 2.45) is 10.8 Å². The standard InChI is InChI=1S/C17H31N3/c1-6-7-8-18-15-19-9-10-20(15)14-11-16(2,3)13-17(4,5)12-14/h9-10,14H,6-8,11-13H2,1-5H3,(H,18,19). The molecule has 1 aliphatic rings. The van der Waals surface area contributed by atoms with Crippen LogP contribution in [0, 0.1) is 10.8 Å². The number of imidazole rings is 1. The molecule has 1 aromatic rings. The maximum Gasteiger partial charge on any atom is 0.203 e. The van der Waals surface area contributed by atoms with Crippen molar-refractivity contribution in [3.8, 4) is 0 Å². The molecule has 3 nitrogen and oxygen atoms in total. The van der Waals surface area contributed by atoms with Gasteiger partial charge in [-0.05, 0) is 36.5 Å². The lowest BCUT2D eigenvalue weighted by atomic mass is 9.63. The molecule has 1 aromatic heterocycles. The van der Waals surface area contributed by atoms with Gasteiger partial charge in [-0.1, -0.05) is 41.0 Å². The Bertz CT molecular complexity index is 415. The number of nitrogens with one attached hydrogen (secondary N) is 1. The Morgan fingerprint density at radius 1 is 1.25 bits per heavy atom. The molecule has 20 heavy (non-hydrogen) atoms. The highest BCUT2D eigenvalue weighted by Crippen LogP contribution is 2.50. The van der Waals surface area contributed by atoms with E-state index in [1.807, 2.05) is 6.20 Å². The maximum absolute atomic E-state index is 4.51. The number of hydrogen-bond donors (Lipinski definition) is 1. The highest BCUT2D eigenvalue weighted by molar-refractivity contribution is 5.27. The third kappa shape index (κ3) is 3.77. The second-order valence-electron chi connectivity index (χ2n) is 8.01. The van der Waals surface area contributed by atoms with Crippen LogP contribution >= 0.6 is 0 Å². The van der Waals surface area contributed by atoms with Gasteiger partial charge < -0.3 is 9.88 Å². The van der Waals surface area contributed by atoms with Crippen molar-refractivity contribution in [3.05, 3.63) is 12.4 Å². The van der Waals surface area contributed by atoms with Crippen LogP contribution in [0.5, 0.6) is 0 Å². The lowest BCUT2D eigenvalue weighted by Gasteiger charge is -2.45. The molecule has 1 fully saturated rings. The summed E-state index contributed by atoms with van der Waals surface area (Å²) in [6.45, 7) is 12.9. The zero-order chi connectivity index (χ0) is 14.8. The molecule has 0 amide bonds. The number of nitrogens with zero attached hydrogens (tertiary/aromatic N) is 2. The molecule has 0 saturated heterocycles. The van der Waals surface area contributed by atoms with E-state index in [0.29, 0.717) is 16.9 Å². The van der Waals surface area contributed by atoms with Crippen molar-refractivity contribution in [3.63, 3.8) is 0 Å². The third-order valence-corrected chi connectivity index (χ3v) is 4.41. The average molecular weight is 277 g/mol. The third-order valence-electron chi connectivity index (χ3n) is 4.41. The molecule has 1 heterocycles. The van der Waals surface area contributed by atoms with Crippen LogP contribution in [-0.4, -0.2) is 16.1 Å². The van der Waals surface area contributed by atoms with Crippen LogP contribution in [0.2, 0.25) is 0 Å². The van der Waals surface area contributed by atoms with Gasteiger partial charge in [0.2, 0.25) is 5.95 Å². The van der Waals surface area contributed by atoms with Crippen LogP contribution in [0.1, 0.15) is 72.8 Å². The zero-order valence-corrected chi connectivity index (χ0v) is 13.9. The van der Waals surface area contributed by atoms with Crippen molar-refractivity contribution in [1.29, 1.82) is 0 Å². The lowest BCUT2D eigenvalue weighted by Crippen LogP contribution is -2.35. The summed E-state index contributed by atoms with van der Waals surface area (Å²) < 4.78 is 2.37. The molecule has 1 N–H and O–H groups in total. The maximum atomic E-state index is 4.51. The zero-order valence-electron chi connectivity index (χ0n) is 13.9. The van der Waals surface area contributed by atoms with Crippen molar-refractivity contribution in [2.45, 2.75) is 72.8 Å². The Morgan fingerprint density at radius 2 is 1.90 bits per heavy atom. The summed E-state index contributed by atoms with van der Waals surface area (Å²) in [5, 5.41) is 3.50. The summed E-state index contributed by atoms with van der Waals surface area (Å²) in [6, 6.07) is 0.570. The van der Waals surface area contributed by atoms with E-state index in [1.54, 1.807) is 0 Å². The van der Waals surface area contributed by atoms with Crippen LogP contribution in [0.25, 0.3) is 0 Å². The summed E-state index contributed by atoms with van der Waals surface area (Å²) >= 11 is 0. The van der Waals surface area contributed by atoms with Crippen LogP contribution in [0.4, 0.5) is 5.95 Å². The molecule has 114 valence electrons. The summed E-state index contributed by atoms with van der Waals surface area (Å²) in [5.74, 6) is 1.05. The lowest BCUT2D eigenvalue weighted by molar-refractivity contribution is 0.0730. The molecule has 0 spiro atoms. The first kappa shape index (κ1) is 15.4. The highest BCUT2D eigenvalue weighted by Gasteiger charge is 2.39. The number of unbranched alkanes of at least 4 members (excludes halogenated alkanes) is 1. The fourth-order valence-corrected chi connectivity index (χ4v) is 4.11. The average Bonchev–Trinajstić information content (AvgIpc) is 2.73. The van der Waals surface area contributed by atoms with Gasteiger partial charge in [-0.15, -0.1) is 0 Å². The van der Waals surface area contributed by atoms with Crippen LogP contribution < -0.4 is 5.32 Å². The van der Waals surface area contributed by atoms with Gasteiger partial charge >= 0.3 is 0 Å². The smallest absolute Gasteiger partial charge is 0.203 e. The molecule has 0 bridgehead atoms. The Hall–Kier alpha value is -0.990. The quantitative estimate of drug-likeness (QED) is 0.778. The van der Waals surface area contributed by atoms with Gasteiger partial charge in [0.25, 0.3) is 0 Å². The van der Waals surface area contributed by atoms with Crippen molar-refractivity contribution in [1.82, 2.24) is 9.55 Å². The van der Waals surface area contributed by atoms with Crippen LogP contribution in [0.3, 0.4) is 0 Å². The Kier molecular flexibility index (Phi) is 4.46. The second-order valence-corrected chi connectivity index (χ2v) is 8.01. The first-order valence-corrected chi connectivity index (χ1v) is 8.10. The van der Waals surface area contributed by atoms with Gasteiger partial charge in [-0.3, -0.25) is 0 Å². The van der Waals surface area contributed by atoms with E-state index in [9.17, 15) is 0 Å². The largest absolute Gasteiger partial charge is 0.356 e. The summed E-state index contributed by atoms with van der Waals surface area (Å²) in [5.41, 5.74) is 0.828. The Morgan fingerprint density at radius 3 is 2.50 bits per heavy atom. The monoisotopic (exact) mass is 277 g/mol. The molecule has 0 radical (unpaired) electrons. The van der Waals surface area contributed by atoms with Crippen molar-refractivity contribution < 1.29 is 0 Å². The van der Waals surface area contributed by atoms with Gasteiger partial charge in [0.1, 0.15) is 0 Å². The van der Waals surface area contributed by atoms with E-state index < -0.39 is 0 Å². The minimum Gasteiger partial charge on any atom is -0.356 e. The summed E-state index contributed by atoms with van der Waals surface area (Å²) in [7, 11) is 0. The summed E-state index contributed by atoms with van der Waals surface area (Å²) in [6.07, 6.45) is 10.3. The Balaban J connectivity index is 2.12. The predicted octanol–water partition coefficient (Wildman–Crippen LogP) is 4.87. The number of hydrogen-bond acceptors (Lipinski definition) is 2. The van der Waals surface area contributed by atoms with Crippen LogP contribution in [0.15, 0.2) is 12.4 Å². The summed E-state index contributed by atoms with van der Waals surface area (Å²) in [4.78, 5) is 4.51. The van der Waals surface area contributed by atoms with Gasteiger partial charge in [0.05, 0.1) is 0 Å². The highest BCUT2D eigenvalue weighted by atomic mass is 15.2. The normalized spacial score (nSPS) is 21.9. The van der Waals surface area contributed by atoms with E-state index in [1.165, 1.54) is 32.1 Å². The topological polar surface area (TPSA) is 29.9 Å². The number of aromatic nitrogens is 2. The minimum atomic E-state index is 0.414. The fraction of sp³-hybridized carbons (Fsp3) is 0.824. The molecule has 0 atom stereocenters. The van der Waals surface area contributed by atoms with Crippen molar-refractivity contribution >= 4 is 5.95 Å². The van der Waals surface area contributed by atoms with E-state index in [0.717, 1.165) is 12.5 Å². The van der Waals surface area contributed by atoms with Gasteiger partial charge in [-0.2, -0.15) is 0 Å². The second kappa shape index (κ2) is 5.79. The van der Waals surface area contributed by atoms with Crippen LogP contribution in [-0.2, 0) is 0 Å². The van der Waals surface area contributed by atoms with E-state index in [-0.39, 0.29) is 0 Å². The number of anilines is 1. The van der Waals surface area contributed by atoms with Crippen molar-refractivity contribution in [2.75, 3.05) is 11.9 Å². The van der Waals surface area contributed by atoms with Gasteiger partial charge in [0.15, 0.2) is 0 Å². The first-order valence-electron chi connectivity index (χ1n) is 8.10. The fourth-order valence-electron chi connectivity index (χ4n) is 4.11. The molecule has 1 saturated carbocycles. The molecule has 1 aliphatic carbocycles. The SMILES string of the molecule is CCCCNc1nccn1C1CC(C)(C)CC(C)(C)C1. The van der Waals surface area contributed by atoms with E-state index in [4.69, 9.17) is 0 Å². The molecular weight excluding hydrogens is 246 g/mol. The molecular formula is C17H31N3. The van der Waals surface area contributed by atoms with Gasteiger partial charge in [-0.25, -0.2) is 4.98 Å². The molecule has 3 heteroatoms.